The van der Waals surface area contributed by atoms with E-state index < -0.39 is 0 Å². The third kappa shape index (κ3) is 4.43. The van der Waals surface area contributed by atoms with Crippen molar-refractivity contribution in [2.24, 2.45) is 17.8 Å². The van der Waals surface area contributed by atoms with E-state index in [2.05, 4.69) is 13.8 Å². The molecule has 14 heavy (non-hydrogen) atoms. The predicted octanol–water partition coefficient (Wildman–Crippen LogP) is 2.46. The first-order valence-electron chi connectivity index (χ1n) is 5.91. The molecule has 1 rings (SSSR count). The Labute approximate surface area is 87.7 Å². The molecule has 84 valence electrons. The lowest BCUT2D eigenvalue weighted by molar-refractivity contribution is 0.0557. The molecule has 1 N–H and O–H groups in total. The van der Waals surface area contributed by atoms with E-state index in [0.717, 1.165) is 19.1 Å². The summed E-state index contributed by atoms with van der Waals surface area (Å²) < 4.78 is 5.64. The molecule has 0 amide bonds. The fraction of sp³-hybridized carbons (Fsp3) is 1.00. The van der Waals surface area contributed by atoms with E-state index in [-0.39, 0.29) is 0 Å². The Morgan fingerprint density at radius 3 is 2.21 bits per heavy atom. The van der Waals surface area contributed by atoms with Crippen LogP contribution in [0.3, 0.4) is 0 Å². The van der Waals surface area contributed by atoms with Crippen molar-refractivity contribution >= 4 is 0 Å². The molecule has 1 saturated carbocycles. The van der Waals surface area contributed by atoms with Crippen LogP contribution in [0.15, 0.2) is 0 Å². The molecule has 0 aliphatic heterocycles. The summed E-state index contributed by atoms with van der Waals surface area (Å²) in [5, 5.41) is 8.99. The lowest BCUT2D eigenvalue weighted by Gasteiger charge is -2.27. The molecule has 0 aromatic rings. The largest absolute Gasteiger partial charge is 0.396 e. The van der Waals surface area contributed by atoms with Gasteiger partial charge in [-0.25, -0.2) is 0 Å². The Morgan fingerprint density at radius 1 is 1.14 bits per heavy atom. The van der Waals surface area contributed by atoms with Crippen molar-refractivity contribution in [2.45, 2.75) is 39.5 Å². The van der Waals surface area contributed by atoms with Gasteiger partial charge in [-0.1, -0.05) is 13.8 Å². The van der Waals surface area contributed by atoms with Gasteiger partial charge in [0, 0.05) is 19.8 Å². The SMILES string of the molecule is CC(C)COCC1CCC(CO)CC1. The molecule has 0 atom stereocenters. The van der Waals surface area contributed by atoms with Crippen LogP contribution in [0.1, 0.15) is 39.5 Å². The van der Waals surface area contributed by atoms with Crippen LogP contribution in [-0.2, 0) is 4.74 Å². The second kappa shape index (κ2) is 6.41. The Balaban J connectivity index is 2.04. The average molecular weight is 200 g/mol. The Morgan fingerprint density at radius 2 is 1.71 bits per heavy atom. The van der Waals surface area contributed by atoms with Crippen LogP contribution in [0.4, 0.5) is 0 Å². The molecule has 1 aliphatic carbocycles. The first kappa shape index (κ1) is 12.0. The van der Waals surface area contributed by atoms with Crippen LogP contribution in [0.25, 0.3) is 0 Å². The number of hydrogen-bond donors (Lipinski definition) is 1. The van der Waals surface area contributed by atoms with Crippen LogP contribution in [0, 0.1) is 17.8 Å². The quantitative estimate of drug-likeness (QED) is 0.738. The molecule has 0 aromatic heterocycles. The summed E-state index contributed by atoms with van der Waals surface area (Å²) in [6.07, 6.45) is 4.85. The van der Waals surface area contributed by atoms with Gasteiger partial charge in [-0.15, -0.1) is 0 Å². The van der Waals surface area contributed by atoms with Crippen molar-refractivity contribution < 1.29 is 9.84 Å². The van der Waals surface area contributed by atoms with Crippen molar-refractivity contribution in [1.82, 2.24) is 0 Å². The van der Waals surface area contributed by atoms with Crippen LogP contribution < -0.4 is 0 Å². The maximum atomic E-state index is 8.99. The fourth-order valence-corrected chi connectivity index (χ4v) is 2.05. The molecular formula is C12H24O2. The van der Waals surface area contributed by atoms with Crippen LogP contribution in [0.5, 0.6) is 0 Å². The van der Waals surface area contributed by atoms with Crippen molar-refractivity contribution in [3.63, 3.8) is 0 Å². The zero-order valence-corrected chi connectivity index (χ0v) is 9.54. The number of aliphatic hydroxyl groups excluding tert-OH is 1. The predicted molar refractivity (Wildman–Crippen MR) is 58.2 cm³/mol. The second-order valence-corrected chi connectivity index (χ2v) is 5.00. The summed E-state index contributed by atoms with van der Waals surface area (Å²) in [6, 6.07) is 0. The standard InChI is InChI=1S/C12H24O2/c1-10(2)8-14-9-12-5-3-11(7-13)4-6-12/h10-13H,3-9H2,1-2H3. The first-order chi connectivity index (χ1) is 6.72. The van der Waals surface area contributed by atoms with E-state index >= 15 is 0 Å². The molecule has 0 radical (unpaired) electrons. The molecule has 2 nitrogen and oxygen atoms in total. The number of ether oxygens (including phenoxy) is 1. The normalized spacial score (nSPS) is 28.3. The number of rotatable bonds is 5. The Kier molecular flexibility index (Phi) is 5.49. The lowest BCUT2D eigenvalue weighted by atomic mass is 9.83. The summed E-state index contributed by atoms with van der Waals surface area (Å²) in [7, 11) is 0. The Hall–Kier alpha value is -0.0800. The highest BCUT2D eigenvalue weighted by atomic mass is 16.5. The second-order valence-electron chi connectivity index (χ2n) is 5.00. The van der Waals surface area contributed by atoms with E-state index in [0.29, 0.717) is 18.4 Å². The van der Waals surface area contributed by atoms with Gasteiger partial charge in [-0.3, -0.25) is 0 Å². The van der Waals surface area contributed by atoms with Crippen LogP contribution in [0.2, 0.25) is 0 Å². The third-order valence-electron chi connectivity index (χ3n) is 3.03. The summed E-state index contributed by atoms with van der Waals surface area (Å²) in [5.41, 5.74) is 0. The van der Waals surface area contributed by atoms with E-state index in [1.807, 2.05) is 0 Å². The van der Waals surface area contributed by atoms with Gasteiger partial charge in [0.1, 0.15) is 0 Å². The third-order valence-corrected chi connectivity index (χ3v) is 3.03. The molecule has 2 heteroatoms. The molecule has 0 bridgehead atoms. The van der Waals surface area contributed by atoms with Gasteiger partial charge in [-0.2, -0.15) is 0 Å². The summed E-state index contributed by atoms with van der Waals surface area (Å²) in [5.74, 6) is 1.96. The number of hydrogen-bond acceptors (Lipinski definition) is 2. The summed E-state index contributed by atoms with van der Waals surface area (Å²) in [4.78, 5) is 0. The molecule has 1 aliphatic rings. The molecule has 0 spiro atoms. The van der Waals surface area contributed by atoms with E-state index in [9.17, 15) is 0 Å². The minimum Gasteiger partial charge on any atom is -0.396 e. The first-order valence-corrected chi connectivity index (χ1v) is 5.91. The molecule has 0 saturated heterocycles. The maximum Gasteiger partial charge on any atom is 0.0494 e. The highest BCUT2D eigenvalue weighted by Gasteiger charge is 2.20. The smallest absolute Gasteiger partial charge is 0.0494 e. The minimum atomic E-state index is 0.375. The van der Waals surface area contributed by atoms with Crippen LogP contribution >= 0.6 is 0 Å². The molecule has 0 heterocycles. The van der Waals surface area contributed by atoms with Crippen molar-refractivity contribution in [1.29, 1.82) is 0 Å². The Bertz CT molecular complexity index is 137. The van der Waals surface area contributed by atoms with Crippen LogP contribution in [-0.4, -0.2) is 24.9 Å². The van der Waals surface area contributed by atoms with Gasteiger partial charge in [0.15, 0.2) is 0 Å². The molecule has 0 aromatic carbocycles. The highest BCUT2D eigenvalue weighted by molar-refractivity contribution is 4.71. The van der Waals surface area contributed by atoms with E-state index in [1.54, 1.807) is 0 Å². The summed E-state index contributed by atoms with van der Waals surface area (Å²) in [6.45, 7) is 6.56. The minimum absolute atomic E-state index is 0.375. The fourth-order valence-electron chi connectivity index (χ4n) is 2.05. The van der Waals surface area contributed by atoms with Crippen molar-refractivity contribution in [2.75, 3.05) is 19.8 Å². The van der Waals surface area contributed by atoms with E-state index in [1.165, 1.54) is 25.7 Å². The zero-order valence-electron chi connectivity index (χ0n) is 9.54. The molecule has 0 unspecified atom stereocenters. The van der Waals surface area contributed by atoms with Gasteiger partial charge >= 0.3 is 0 Å². The highest BCUT2D eigenvalue weighted by Crippen LogP contribution is 2.28. The maximum absolute atomic E-state index is 8.99. The summed E-state index contributed by atoms with van der Waals surface area (Å²) >= 11 is 0. The van der Waals surface area contributed by atoms with Gasteiger partial charge in [0.2, 0.25) is 0 Å². The van der Waals surface area contributed by atoms with Gasteiger partial charge in [-0.05, 0) is 43.4 Å². The van der Waals surface area contributed by atoms with Gasteiger partial charge < -0.3 is 9.84 Å². The van der Waals surface area contributed by atoms with Gasteiger partial charge in [0.05, 0.1) is 0 Å². The monoisotopic (exact) mass is 200 g/mol. The van der Waals surface area contributed by atoms with E-state index in [4.69, 9.17) is 9.84 Å². The zero-order chi connectivity index (χ0) is 10.4. The number of aliphatic hydroxyl groups is 1. The molecular weight excluding hydrogens is 176 g/mol. The topological polar surface area (TPSA) is 29.5 Å². The molecule has 1 fully saturated rings. The van der Waals surface area contributed by atoms with Crippen molar-refractivity contribution in [3.8, 4) is 0 Å². The van der Waals surface area contributed by atoms with Crippen molar-refractivity contribution in [3.05, 3.63) is 0 Å². The average Bonchev–Trinajstić information content (AvgIpc) is 2.18. The lowest BCUT2D eigenvalue weighted by Crippen LogP contribution is -2.21. The van der Waals surface area contributed by atoms with Gasteiger partial charge in [0.25, 0.3) is 0 Å².